The number of hydrogen-bond acceptors (Lipinski definition) is 3. The van der Waals surface area contributed by atoms with Crippen molar-refractivity contribution in [3.05, 3.63) is 41.2 Å². The lowest BCUT2D eigenvalue weighted by Gasteiger charge is -2.08. The van der Waals surface area contributed by atoms with Crippen LogP contribution in [0.2, 0.25) is 0 Å². The second-order valence-corrected chi connectivity index (χ2v) is 5.45. The Bertz CT molecular complexity index is 716. The van der Waals surface area contributed by atoms with Gasteiger partial charge in [-0.05, 0) is 18.1 Å². The Kier molecular flexibility index (Phi) is 4.49. The van der Waals surface area contributed by atoms with E-state index < -0.39 is 17.7 Å². The predicted molar refractivity (Wildman–Crippen MR) is 79.1 cm³/mol. The maximum absolute atomic E-state index is 12.6. The van der Waals surface area contributed by atoms with E-state index in [4.69, 9.17) is 4.74 Å². The van der Waals surface area contributed by atoms with E-state index in [0.29, 0.717) is 22.8 Å². The normalized spacial score (nSPS) is 11.8. The van der Waals surface area contributed by atoms with Crippen molar-refractivity contribution < 1.29 is 22.7 Å². The molecule has 7 heteroatoms. The minimum Gasteiger partial charge on any atom is -0.464 e. The number of ether oxygens (including phenoxy) is 1. The SMILES string of the molecule is COC(=O)c1c(C(C)C)nc(-c2ccc(C(F)(F)F)cc2)n1C. The van der Waals surface area contributed by atoms with E-state index in [0.717, 1.165) is 12.1 Å². The molecule has 0 aliphatic rings. The Morgan fingerprint density at radius 3 is 2.22 bits per heavy atom. The lowest BCUT2D eigenvalue weighted by atomic mass is 10.1. The van der Waals surface area contributed by atoms with Gasteiger partial charge in [0.2, 0.25) is 0 Å². The van der Waals surface area contributed by atoms with Crippen molar-refractivity contribution in [2.45, 2.75) is 25.9 Å². The van der Waals surface area contributed by atoms with Crippen LogP contribution in [0.3, 0.4) is 0 Å². The highest BCUT2D eigenvalue weighted by atomic mass is 19.4. The largest absolute Gasteiger partial charge is 0.464 e. The number of nitrogens with zero attached hydrogens (tertiary/aromatic N) is 2. The van der Waals surface area contributed by atoms with Gasteiger partial charge in [-0.25, -0.2) is 9.78 Å². The van der Waals surface area contributed by atoms with Gasteiger partial charge in [0, 0.05) is 12.6 Å². The second kappa shape index (κ2) is 6.06. The highest BCUT2D eigenvalue weighted by Crippen LogP contribution is 2.32. The number of alkyl halides is 3. The monoisotopic (exact) mass is 326 g/mol. The number of carbonyl (C=O) groups excluding carboxylic acids is 1. The molecule has 0 bridgehead atoms. The van der Waals surface area contributed by atoms with E-state index >= 15 is 0 Å². The summed E-state index contributed by atoms with van der Waals surface area (Å²) in [6, 6.07) is 4.68. The quantitative estimate of drug-likeness (QED) is 0.800. The molecular weight excluding hydrogens is 309 g/mol. The summed E-state index contributed by atoms with van der Waals surface area (Å²) in [5.74, 6) is -0.136. The van der Waals surface area contributed by atoms with E-state index in [1.165, 1.54) is 19.2 Å². The van der Waals surface area contributed by atoms with Crippen LogP contribution in [-0.2, 0) is 18.0 Å². The van der Waals surface area contributed by atoms with E-state index in [-0.39, 0.29) is 5.92 Å². The Hall–Kier alpha value is -2.31. The van der Waals surface area contributed by atoms with Gasteiger partial charge in [-0.15, -0.1) is 0 Å². The van der Waals surface area contributed by atoms with Crippen LogP contribution in [0.25, 0.3) is 11.4 Å². The Morgan fingerprint density at radius 1 is 1.22 bits per heavy atom. The summed E-state index contributed by atoms with van der Waals surface area (Å²) in [5, 5.41) is 0. The molecular formula is C16H17F3N2O2. The third kappa shape index (κ3) is 3.23. The van der Waals surface area contributed by atoms with Gasteiger partial charge in [0.05, 0.1) is 18.4 Å². The molecule has 2 aromatic rings. The molecule has 0 atom stereocenters. The van der Waals surface area contributed by atoms with Crippen LogP contribution in [0.5, 0.6) is 0 Å². The number of benzene rings is 1. The minimum atomic E-state index is -4.39. The van der Waals surface area contributed by atoms with E-state index in [9.17, 15) is 18.0 Å². The number of halogens is 3. The van der Waals surface area contributed by atoms with Crippen LogP contribution >= 0.6 is 0 Å². The van der Waals surface area contributed by atoms with Gasteiger partial charge in [0.1, 0.15) is 5.82 Å². The molecule has 0 unspecified atom stereocenters. The standard InChI is InChI=1S/C16H17F3N2O2/c1-9(2)12-13(15(22)23-4)21(3)14(20-12)10-5-7-11(8-6-10)16(17,18)19/h5-9H,1-4H3. The average molecular weight is 326 g/mol. The summed E-state index contributed by atoms with van der Waals surface area (Å²) in [4.78, 5) is 16.4. The van der Waals surface area contributed by atoms with Gasteiger partial charge in [0.15, 0.2) is 5.69 Å². The van der Waals surface area contributed by atoms with Crippen molar-refractivity contribution in [2.24, 2.45) is 7.05 Å². The Balaban J connectivity index is 2.54. The summed E-state index contributed by atoms with van der Waals surface area (Å²) in [7, 11) is 2.91. The lowest BCUT2D eigenvalue weighted by Crippen LogP contribution is -2.11. The summed E-state index contributed by atoms with van der Waals surface area (Å²) in [6.45, 7) is 3.76. The van der Waals surface area contributed by atoms with Gasteiger partial charge >= 0.3 is 12.1 Å². The molecule has 1 heterocycles. The number of rotatable bonds is 3. The molecule has 0 aliphatic heterocycles. The van der Waals surface area contributed by atoms with Crippen molar-refractivity contribution in [2.75, 3.05) is 7.11 Å². The van der Waals surface area contributed by atoms with Gasteiger partial charge in [0.25, 0.3) is 0 Å². The number of esters is 1. The van der Waals surface area contributed by atoms with Crippen molar-refractivity contribution in [3.8, 4) is 11.4 Å². The maximum Gasteiger partial charge on any atom is 0.416 e. The van der Waals surface area contributed by atoms with Crippen LogP contribution in [0.4, 0.5) is 13.2 Å². The molecule has 0 saturated heterocycles. The van der Waals surface area contributed by atoms with Gasteiger partial charge in [-0.2, -0.15) is 13.2 Å². The summed E-state index contributed by atoms with van der Waals surface area (Å²) < 4.78 is 44.3. The van der Waals surface area contributed by atoms with Crippen molar-refractivity contribution in [1.82, 2.24) is 9.55 Å². The zero-order chi connectivity index (χ0) is 17.4. The first kappa shape index (κ1) is 17.1. The highest BCUT2D eigenvalue weighted by Gasteiger charge is 2.30. The van der Waals surface area contributed by atoms with Crippen LogP contribution in [-0.4, -0.2) is 22.6 Å². The minimum absolute atomic E-state index is 0.0292. The van der Waals surface area contributed by atoms with Gasteiger partial charge < -0.3 is 9.30 Å². The van der Waals surface area contributed by atoms with E-state index in [2.05, 4.69) is 4.98 Å². The fourth-order valence-corrected chi connectivity index (χ4v) is 2.33. The fraction of sp³-hybridized carbons (Fsp3) is 0.375. The van der Waals surface area contributed by atoms with Crippen molar-refractivity contribution >= 4 is 5.97 Å². The van der Waals surface area contributed by atoms with Crippen molar-refractivity contribution in [3.63, 3.8) is 0 Å². The van der Waals surface area contributed by atoms with E-state index in [1.807, 2.05) is 13.8 Å². The topological polar surface area (TPSA) is 44.1 Å². The van der Waals surface area contributed by atoms with Crippen LogP contribution in [0.15, 0.2) is 24.3 Å². The molecule has 1 aromatic carbocycles. The molecule has 0 radical (unpaired) electrons. The number of imidazole rings is 1. The average Bonchev–Trinajstić information content (AvgIpc) is 2.83. The molecule has 0 amide bonds. The molecule has 124 valence electrons. The first-order valence-electron chi connectivity index (χ1n) is 6.99. The second-order valence-electron chi connectivity index (χ2n) is 5.45. The molecule has 23 heavy (non-hydrogen) atoms. The Labute approximate surface area is 131 Å². The van der Waals surface area contributed by atoms with E-state index in [1.54, 1.807) is 11.6 Å². The lowest BCUT2D eigenvalue weighted by molar-refractivity contribution is -0.137. The summed E-state index contributed by atoms with van der Waals surface area (Å²) in [6.07, 6.45) is -4.39. The molecule has 1 aromatic heterocycles. The van der Waals surface area contributed by atoms with Gasteiger partial charge in [-0.3, -0.25) is 0 Å². The number of aromatic nitrogens is 2. The molecule has 0 aliphatic carbocycles. The first-order valence-corrected chi connectivity index (χ1v) is 6.99. The zero-order valence-corrected chi connectivity index (χ0v) is 13.2. The Morgan fingerprint density at radius 2 is 1.78 bits per heavy atom. The number of carbonyl (C=O) groups is 1. The van der Waals surface area contributed by atoms with Crippen LogP contribution in [0.1, 0.15) is 41.5 Å². The molecule has 4 nitrogen and oxygen atoms in total. The third-order valence-electron chi connectivity index (χ3n) is 3.52. The first-order chi connectivity index (χ1) is 10.7. The van der Waals surface area contributed by atoms with Crippen LogP contribution < -0.4 is 0 Å². The van der Waals surface area contributed by atoms with Crippen molar-refractivity contribution in [1.29, 1.82) is 0 Å². The smallest absolute Gasteiger partial charge is 0.416 e. The fourth-order valence-electron chi connectivity index (χ4n) is 2.33. The van der Waals surface area contributed by atoms with Crippen LogP contribution in [0, 0.1) is 0 Å². The molecule has 0 spiro atoms. The zero-order valence-electron chi connectivity index (χ0n) is 13.2. The molecule has 0 N–H and O–H groups in total. The van der Waals surface area contributed by atoms with Gasteiger partial charge in [-0.1, -0.05) is 26.0 Å². The maximum atomic E-state index is 12.6. The molecule has 0 fully saturated rings. The number of methoxy groups -OCH3 is 1. The third-order valence-corrected chi connectivity index (χ3v) is 3.52. The predicted octanol–water partition coefficient (Wildman–Crippen LogP) is 4.02. The molecule has 0 saturated carbocycles. The highest BCUT2D eigenvalue weighted by molar-refractivity contribution is 5.90. The number of hydrogen-bond donors (Lipinski definition) is 0. The molecule has 2 rings (SSSR count). The summed E-state index contributed by atoms with van der Waals surface area (Å²) >= 11 is 0. The summed E-state index contributed by atoms with van der Waals surface area (Å²) in [5.41, 5.74) is 0.622.